The van der Waals surface area contributed by atoms with Crippen molar-refractivity contribution in [2.75, 3.05) is 0 Å². The average molecular weight is 188 g/mol. The minimum atomic E-state index is -0.196. The molecule has 0 aromatic rings. The van der Waals surface area contributed by atoms with Crippen LogP contribution in [0.2, 0.25) is 0 Å². The van der Waals surface area contributed by atoms with Crippen LogP contribution in [0, 0.1) is 5.92 Å². The second-order valence-electron chi connectivity index (χ2n) is 2.40. The van der Waals surface area contributed by atoms with Gasteiger partial charge in [0.2, 0.25) is 5.91 Å². The van der Waals surface area contributed by atoms with E-state index in [0.717, 1.165) is 6.42 Å². The van der Waals surface area contributed by atoms with Crippen molar-refractivity contribution >= 4 is 30.7 Å². The summed E-state index contributed by atoms with van der Waals surface area (Å²) >= 11 is 0. The van der Waals surface area contributed by atoms with Gasteiger partial charge in [-0.2, -0.15) is 0 Å². The van der Waals surface area contributed by atoms with Crippen molar-refractivity contribution in [3.63, 3.8) is 0 Å². The van der Waals surface area contributed by atoms with Gasteiger partial charge in [0.25, 0.3) is 0 Å². The quantitative estimate of drug-likeness (QED) is 0.720. The van der Waals surface area contributed by atoms with E-state index < -0.39 is 0 Å². The number of carbonyl (C=O) groups excluding carboxylic acids is 1. The van der Waals surface area contributed by atoms with Crippen molar-refractivity contribution in [2.45, 2.75) is 26.7 Å². The van der Waals surface area contributed by atoms with Gasteiger partial charge in [0.1, 0.15) is 0 Å². The van der Waals surface area contributed by atoms with Crippen LogP contribution in [0.4, 0.5) is 0 Å². The Kier molecular flexibility index (Phi) is 15.0. The van der Waals surface area contributed by atoms with Gasteiger partial charge in [-0.25, -0.2) is 0 Å². The highest BCUT2D eigenvalue weighted by molar-refractivity contribution is 5.85. The lowest BCUT2D eigenvalue weighted by Crippen LogP contribution is -2.10. The first kappa shape index (κ1) is 16.6. The van der Waals surface area contributed by atoms with E-state index in [1.165, 1.54) is 0 Å². The molecule has 0 aromatic heterocycles. The molecule has 2 N–H and O–H groups in total. The number of amides is 1. The predicted molar refractivity (Wildman–Crippen MR) is 47.8 cm³/mol. The Morgan fingerprint density at radius 3 is 1.90 bits per heavy atom. The Morgan fingerprint density at radius 1 is 1.40 bits per heavy atom. The Labute approximate surface area is 74.4 Å². The van der Waals surface area contributed by atoms with Gasteiger partial charge in [0, 0.05) is 6.42 Å². The normalized spacial score (nSPS) is 7.90. The third-order valence-electron chi connectivity index (χ3n) is 0.968. The lowest BCUT2D eigenvalue weighted by atomic mass is 10.1. The second kappa shape index (κ2) is 9.05. The molecule has 0 radical (unpaired) electrons. The SMILES string of the molecule is CC(C)CCC(N)=O.Cl.Cl. The van der Waals surface area contributed by atoms with E-state index >= 15 is 0 Å². The molecule has 2 nitrogen and oxygen atoms in total. The van der Waals surface area contributed by atoms with Crippen molar-refractivity contribution in [3.05, 3.63) is 0 Å². The summed E-state index contributed by atoms with van der Waals surface area (Å²) in [6, 6.07) is 0. The molecule has 0 aromatic carbocycles. The first-order valence-corrected chi connectivity index (χ1v) is 2.91. The van der Waals surface area contributed by atoms with Crippen LogP contribution in [0.25, 0.3) is 0 Å². The second-order valence-corrected chi connectivity index (χ2v) is 2.40. The molecule has 0 aliphatic carbocycles. The molecule has 0 rings (SSSR count). The molecular weight excluding hydrogens is 173 g/mol. The zero-order chi connectivity index (χ0) is 6.57. The van der Waals surface area contributed by atoms with Gasteiger partial charge in [-0.3, -0.25) is 4.79 Å². The van der Waals surface area contributed by atoms with Crippen LogP contribution in [0.15, 0.2) is 0 Å². The standard InChI is InChI=1S/C6H13NO.2ClH/c1-5(2)3-4-6(7)8;;/h5H,3-4H2,1-2H3,(H2,7,8);2*1H. The first-order valence-electron chi connectivity index (χ1n) is 2.91. The Bertz CT molecular complexity index is 85.8. The van der Waals surface area contributed by atoms with E-state index in [4.69, 9.17) is 5.73 Å². The van der Waals surface area contributed by atoms with Crippen molar-refractivity contribution < 1.29 is 4.79 Å². The van der Waals surface area contributed by atoms with Crippen LogP contribution in [0.1, 0.15) is 26.7 Å². The number of rotatable bonds is 3. The summed E-state index contributed by atoms with van der Waals surface area (Å²) < 4.78 is 0. The van der Waals surface area contributed by atoms with Gasteiger partial charge in [-0.15, -0.1) is 24.8 Å². The highest BCUT2D eigenvalue weighted by Gasteiger charge is 1.96. The maximum absolute atomic E-state index is 10.1. The van der Waals surface area contributed by atoms with Gasteiger partial charge >= 0.3 is 0 Å². The summed E-state index contributed by atoms with van der Waals surface area (Å²) in [6.07, 6.45) is 1.44. The van der Waals surface area contributed by atoms with Gasteiger partial charge in [0.15, 0.2) is 0 Å². The Morgan fingerprint density at radius 2 is 1.80 bits per heavy atom. The molecule has 0 heterocycles. The van der Waals surface area contributed by atoms with E-state index in [-0.39, 0.29) is 30.7 Å². The molecule has 0 bridgehead atoms. The number of carbonyl (C=O) groups is 1. The summed E-state index contributed by atoms with van der Waals surface area (Å²) in [5.41, 5.74) is 4.90. The maximum Gasteiger partial charge on any atom is 0.217 e. The predicted octanol–water partition coefficient (Wildman–Crippen LogP) is 1.75. The van der Waals surface area contributed by atoms with Gasteiger partial charge < -0.3 is 5.73 Å². The molecule has 0 saturated carbocycles. The topological polar surface area (TPSA) is 43.1 Å². The lowest BCUT2D eigenvalue weighted by Gasteiger charge is -1.98. The maximum atomic E-state index is 10.1. The molecular formula is C6H15Cl2NO. The average Bonchev–Trinajstić information content (AvgIpc) is 1.61. The monoisotopic (exact) mass is 187 g/mol. The summed E-state index contributed by atoms with van der Waals surface area (Å²) in [5.74, 6) is 0.390. The summed E-state index contributed by atoms with van der Waals surface area (Å²) in [7, 11) is 0. The fraction of sp³-hybridized carbons (Fsp3) is 0.833. The van der Waals surface area contributed by atoms with Crippen LogP contribution >= 0.6 is 24.8 Å². The minimum Gasteiger partial charge on any atom is -0.370 e. The van der Waals surface area contributed by atoms with Crippen LogP contribution < -0.4 is 5.73 Å². The fourth-order valence-electron chi connectivity index (χ4n) is 0.431. The molecule has 0 unspecified atom stereocenters. The van der Waals surface area contributed by atoms with Crippen LogP contribution in [-0.4, -0.2) is 5.91 Å². The van der Waals surface area contributed by atoms with E-state index in [1.807, 2.05) is 0 Å². The summed E-state index contributed by atoms with van der Waals surface area (Å²) in [6.45, 7) is 4.14. The molecule has 0 aliphatic heterocycles. The minimum absolute atomic E-state index is 0. The largest absolute Gasteiger partial charge is 0.370 e. The highest BCUT2D eigenvalue weighted by atomic mass is 35.5. The smallest absolute Gasteiger partial charge is 0.217 e. The Balaban J connectivity index is -0.000000245. The number of nitrogens with two attached hydrogens (primary N) is 1. The van der Waals surface area contributed by atoms with Crippen molar-refractivity contribution in [1.29, 1.82) is 0 Å². The number of hydrogen-bond acceptors (Lipinski definition) is 1. The molecule has 64 valence electrons. The van der Waals surface area contributed by atoms with Crippen molar-refractivity contribution in [1.82, 2.24) is 0 Å². The third-order valence-corrected chi connectivity index (χ3v) is 0.968. The van der Waals surface area contributed by atoms with Crippen LogP contribution in [0.3, 0.4) is 0 Å². The molecule has 10 heavy (non-hydrogen) atoms. The molecule has 4 heteroatoms. The van der Waals surface area contributed by atoms with Crippen LogP contribution in [0.5, 0.6) is 0 Å². The third kappa shape index (κ3) is 15.7. The zero-order valence-electron chi connectivity index (χ0n) is 6.29. The van der Waals surface area contributed by atoms with E-state index in [2.05, 4.69) is 13.8 Å². The molecule has 0 aliphatic rings. The van der Waals surface area contributed by atoms with Gasteiger partial charge in [0.05, 0.1) is 0 Å². The van der Waals surface area contributed by atoms with E-state index in [9.17, 15) is 4.79 Å². The van der Waals surface area contributed by atoms with Crippen LogP contribution in [-0.2, 0) is 4.79 Å². The van der Waals surface area contributed by atoms with E-state index in [1.54, 1.807) is 0 Å². The number of halogens is 2. The number of hydrogen-bond donors (Lipinski definition) is 1. The van der Waals surface area contributed by atoms with Crippen molar-refractivity contribution in [2.24, 2.45) is 11.7 Å². The molecule has 0 saturated heterocycles. The van der Waals surface area contributed by atoms with Gasteiger partial charge in [-0.05, 0) is 12.3 Å². The zero-order valence-corrected chi connectivity index (χ0v) is 7.93. The van der Waals surface area contributed by atoms with Gasteiger partial charge in [-0.1, -0.05) is 13.8 Å². The lowest BCUT2D eigenvalue weighted by molar-refractivity contribution is -0.118. The first-order chi connectivity index (χ1) is 3.63. The molecule has 1 amide bonds. The Hall–Kier alpha value is 0.0500. The highest BCUT2D eigenvalue weighted by Crippen LogP contribution is 2.01. The number of primary amides is 1. The molecule has 0 atom stereocenters. The summed E-state index contributed by atoms with van der Waals surface area (Å²) in [4.78, 5) is 10.1. The fourth-order valence-corrected chi connectivity index (χ4v) is 0.431. The molecule has 0 fully saturated rings. The van der Waals surface area contributed by atoms with E-state index in [0.29, 0.717) is 12.3 Å². The summed E-state index contributed by atoms with van der Waals surface area (Å²) in [5, 5.41) is 0. The van der Waals surface area contributed by atoms with Crippen molar-refractivity contribution in [3.8, 4) is 0 Å². The molecule has 0 spiro atoms.